The number of aromatic nitrogens is 2. The number of nitrogens with zero attached hydrogens (tertiary/aromatic N) is 2. The first-order valence-electron chi connectivity index (χ1n) is 10.2. The molecule has 0 spiro atoms. The Morgan fingerprint density at radius 2 is 1.16 bits per heavy atom. The van der Waals surface area contributed by atoms with Crippen LogP contribution in [0.15, 0.2) is 122 Å². The maximum absolute atomic E-state index is 4.42. The van der Waals surface area contributed by atoms with Crippen LogP contribution in [0.2, 0.25) is 0 Å². The maximum Gasteiger partial charge on any atom is 0.0163 e. The van der Waals surface area contributed by atoms with Crippen molar-refractivity contribution in [3.8, 4) is 22.5 Å². The molecule has 0 aliphatic rings. The Morgan fingerprint density at radius 1 is 0.531 bits per heavy atom. The van der Waals surface area contributed by atoms with Gasteiger partial charge in [0.1, 0.15) is 0 Å². The van der Waals surface area contributed by atoms with Crippen LogP contribution in [0.1, 0.15) is 11.1 Å². The van der Waals surface area contributed by atoms with Gasteiger partial charge in [0.25, 0.3) is 0 Å². The van der Waals surface area contributed by atoms with E-state index in [2.05, 4.69) is 58.5 Å². The second-order valence-electron chi connectivity index (χ2n) is 6.98. The molecule has 0 fully saturated rings. The zero-order chi connectivity index (χ0) is 21.1. The minimum Gasteiger partial charge on any atom is -0.305 e. The van der Waals surface area contributed by atoms with Gasteiger partial charge in [0.05, 0.1) is 0 Å². The van der Waals surface area contributed by atoms with E-state index in [0.29, 0.717) is 0 Å². The fourth-order valence-corrected chi connectivity index (χ4v) is 3.19. The van der Waals surface area contributed by atoms with Gasteiger partial charge in [-0.05, 0) is 41.1 Å². The van der Waals surface area contributed by atoms with Gasteiger partial charge in [0.15, 0.2) is 0 Å². The van der Waals surface area contributed by atoms with E-state index in [0.717, 1.165) is 28.9 Å². The zero-order valence-corrected chi connectivity index (χ0v) is 19.9. The predicted molar refractivity (Wildman–Crippen MR) is 126 cm³/mol. The molecule has 5 aromatic rings. The van der Waals surface area contributed by atoms with Gasteiger partial charge in [0, 0.05) is 32.5 Å². The summed E-state index contributed by atoms with van der Waals surface area (Å²) in [5, 5.41) is 0. The van der Waals surface area contributed by atoms with E-state index in [1.165, 1.54) is 11.1 Å². The monoisotopic (exact) mass is 591 g/mol. The van der Waals surface area contributed by atoms with Gasteiger partial charge in [-0.2, -0.15) is 0 Å². The number of benzene rings is 3. The molecule has 0 atom stereocenters. The van der Waals surface area contributed by atoms with Crippen LogP contribution in [0.25, 0.3) is 22.5 Å². The van der Waals surface area contributed by atoms with Crippen LogP contribution in [0, 0.1) is 12.1 Å². The molecule has 0 amide bonds. The van der Waals surface area contributed by atoms with Crippen molar-refractivity contribution in [2.24, 2.45) is 0 Å². The second kappa shape index (κ2) is 12.5. The van der Waals surface area contributed by atoms with Crippen molar-refractivity contribution in [1.82, 2.24) is 9.97 Å². The topological polar surface area (TPSA) is 25.8 Å². The maximum atomic E-state index is 4.42. The van der Waals surface area contributed by atoms with Crippen molar-refractivity contribution in [2.45, 2.75) is 6.42 Å². The molecule has 0 saturated carbocycles. The van der Waals surface area contributed by atoms with Gasteiger partial charge in [0.2, 0.25) is 0 Å². The molecule has 0 saturated heterocycles. The first kappa shape index (κ1) is 23.3. The molecule has 0 unspecified atom stereocenters. The summed E-state index contributed by atoms with van der Waals surface area (Å²) in [4.78, 5) is 8.64. The van der Waals surface area contributed by atoms with Crippen molar-refractivity contribution < 1.29 is 20.1 Å². The third kappa shape index (κ3) is 6.81. The number of hydrogen-bond donors (Lipinski definition) is 0. The Labute approximate surface area is 203 Å². The minimum absolute atomic E-state index is 0. The fraction of sp³-hybridized carbons (Fsp3) is 0.0345. The predicted octanol–water partition coefficient (Wildman–Crippen LogP) is 6.69. The van der Waals surface area contributed by atoms with E-state index in [-0.39, 0.29) is 20.1 Å². The Balaban J connectivity index is 0.000000193. The summed E-state index contributed by atoms with van der Waals surface area (Å²) >= 11 is 0. The van der Waals surface area contributed by atoms with E-state index in [1.807, 2.05) is 79.0 Å². The van der Waals surface area contributed by atoms with Crippen LogP contribution in [0.4, 0.5) is 0 Å². The van der Waals surface area contributed by atoms with E-state index >= 15 is 0 Å². The van der Waals surface area contributed by atoms with Crippen LogP contribution in [0.3, 0.4) is 0 Å². The van der Waals surface area contributed by atoms with Gasteiger partial charge in [-0.25, -0.2) is 0 Å². The summed E-state index contributed by atoms with van der Waals surface area (Å²) in [5.74, 6) is 0. The van der Waals surface area contributed by atoms with E-state index < -0.39 is 0 Å². The SMILES string of the molecule is [Ir].[c-]1ccccc1-c1cc(Cc2ccccc2)ccn1.[c-]1ccccc1-c1ccccn1. The summed E-state index contributed by atoms with van der Waals surface area (Å²) in [5.41, 5.74) is 6.62. The zero-order valence-electron chi connectivity index (χ0n) is 17.5. The van der Waals surface area contributed by atoms with E-state index in [9.17, 15) is 0 Å². The largest absolute Gasteiger partial charge is 0.305 e. The van der Waals surface area contributed by atoms with Crippen LogP contribution in [-0.2, 0) is 26.5 Å². The standard InChI is InChI=1S/C18H14N.C11H8N.Ir/c1-3-7-15(8-4-1)13-16-11-12-19-18(14-16)17-9-5-2-6-10-17;1-2-6-10(7-3-1)11-8-4-5-9-12-11;/h1-9,11-12,14H,13H2;1-6,8-9H;/q2*-1;. The quantitative estimate of drug-likeness (QED) is 0.218. The molecule has 2 nitrogen and oxygen atoms in total. The molecular weight excluding hydrogens is 569 g/mol. The van der Waals surface area contributed by atoms with Crippen molar-refractivity contribution in [1.29, 1.82) is 0 Å². The van der Waals surface area contributed by atoms with Crippen LogP contribution in [0.5, 0.6) is 0 Å². The summed E-state index contributed by atoms with van der Waals surface area (Å²) in [6, 6.07) is 42.7. The third-order valence-corrected chi connectivity index (χ3v) is 4.71. The summed E-state index contributed by atoms with van der Waals surface area (Å²) in [7, 11) is 0. The molecule has 0 aliphatic carbocycles. The van der Waals surface area contributed by atoms with Gasteiger partial charge < -0.3 is 9.97 Å². The normalized spacial score (nSPS) is 9.75. The number of hydrogen-bond acceptors (Lipinski definition) is 2. The molecule has 2 heterocycles. The molecule has 2 aromatic heterocycles. The van der Waals surface area contributed by atoms with E-state index in [1.54, 1.807) is 6.20 Å². The second-order valence-corrected chi connectivity index (χ2v) is 6.98. The van der Waals surface area contributed by atoms with E-state index in [4.69, 9.17) is 0 Å². The molecule has 0 bridgehead atoms. The molecule has 3 heteroatoms. The van der Waals surface area contributed by atoms with Crippen LogP contribution >= 0.6 is 0 Å². The molecule has 0 N–H and O–H groups in total. The van der Waals surface area contributed by atoms with Gasteiger partial charge >= 0.3 is 0 Å². The minimum atomic E-state index is 0. The Hall–Kier alpha value is -3.39. The Kier molecular flexibility index (Phi) is 9.06. The molecule has 3 aromatic carbocycles. The van der Waals surface area contributed by atoms with Crippen molar-refractivity contribution >= 4 is 0 Å². The molecular formula is C29H22IrN2-2. The first-order chi connectivity index (χ1) is 15.4. The molecule has 159 valence electrons. The van der Waals surface area contributed by atoms with Crippen LogP contribution in [-0.4, -0.2) is 9.97 Å². The summed E-state index contributed by atoms with van der Waals surface area (Å²) < 4.78 is 0. The third-order valence-electron chi connectivity index (χ3n) is 4.71. The van der Waals surface area contributed by atoms with Crippen LogP contribution < -0.4 is 0 Å². The number of rotatable bonds is 4. The molecule has 1 radical (unpaired) electrons. The summed E-state index contributed by atoms with van der Waals surface area (Å²) in [6.45, 7) is 0. The first-order valence-corrected chi connectivity index (χ1v) is 10.2. The molecule has 0 aliphatic heterocycles. The Bertz CT molecular complexity index is 1140. The Morgan fingerprint density at radius 3 is 1.78 bits per heavy atom. The van der Waals surface area contributed by atoms with Crippen molar-refractivity contribution in [3.05, 3.63) is 145 Å². The van der Waals surface area contributed by atoms with Crippen molar-refractivity contribution in [3.63, 3.8) is 0 Å². The van der Waals surface area contributed by atoms with Crippen molar-refractivity contribution in [2.75, 3.05) is 0 Å². The molecule has 32 heavy (non-hydrogen) atoms. The van der Waals surface area contributed by atoms with Gasteiger partial charge in [-0.15, -0.1) is 71.8 Å². The van der Waals surface area contributed by atoms with Gasteiger partial charge in [-0.1, -0.05) is 48.5 Å². The summed E-state index contributed by atoms with van der Waals surface area (Å²) in [6.07, 6.45) is 4.59. The fourth-order valence-electron chi connectivity index (χ4n) is 3.19. The molecule has 5 rings (SSSR count). The number of pyridine rings is 2. The average Bonchev–Trinajstić information content (AvgIpc) is 2.87. The average molecular weight is 591 g/mol. The van der Waals surface area contributed by atoms with Gasteiger partial charge in [-0.3, -0.25) is 0 Å². The smallest absolute Gasteiger partial charge is 0.0163 e.